The molecule has 0 spiro atoms. The highest BCUT2D eigenvalue weighted by molar-refractivity contribution is 5.57. The maximum Gasteiger partial charge on any atom is 0.487 e. The molecule has 0 N–H and O–H groups in total. The standard InChI is InChI=1S/C13H24F3N3/c1-5-6-7-8-9-19-11(12(2,3)4)18(10-17-19)13(14,15)16/h10-11H,5-9H2,1-4H3. The number of halogens is 3. The Hall–Kier alpha value is -0.940. The van der Waals surface area contributed by atoms with Gasteiger partial charge in [0.15, 0.2) is 0 Å². The van der Waals surface area contributed by atoms with Gasteiger partial charge in [-0.2, -0.15) is 5.10 Å². The van der Waals surface area contributed by atoms with Crippen LogP contribution in [0.25, 0.3) is 0 Å². The van der Waals surface area contributed by atoms with Crippen molar-refractivity contribution < 1.29 is 13.2 Å². The molecular weight excluding hydrogens is 255 g/mol. The van der Waals surface area contributed by atoms with Gasteiger partial charge in [0.1, 0.15) is 12.5 Å². The van der Waals surface area contributed by atoms with E-state index in [-0.39, 0.29) is 0 Å². The fourth-order valence-electron chi connectivity index (χ4n) is 2.34. The molecule has 0 aromatic rings. The van der Waals surface area contributed by atoms with Crippen LogP contribution in [0.1, 0.15) is 53.4 Å². The summed E-state index contributed by atoms with van der Waals surface area (Å²) < 4.78 is 38.9. The second kappa shape index (κ2) is 6.01. The molecule has 112 valence electrons. The number of rotatable bonds is 5. The third-order valence-corrected chi connectivity index (χ3v) is 3.18. The van der Waals surface area contributed by atoms with Gasteiger partial charge in [0.25, 0.3) is 0 Å². The molecule has 19 heavy (non-hydrogen) atoms. The Morgan fingerprint density at radius 1 is 1.11 bits per heavy atom. The summed E-state index contributed by atoms with van der Waals surface area (Å²) in [5.74, 6) is 0. The summed E-state index contributed by atoms with van der Waals surface area (Å²) in [6.45, 7) is 8.11. The highest BCUT2D eigenvalue weighted by Crippen LogP contribution is 2.36. The predicted octanol–water partition coefficient (Wildman–Crippen LogP) is 4.02. The molecule has 0 aliphatic carbocycles. The van der Waals surface area contributed by atoms with Crippen molar-refractivity contribution in [1.29, 1.82) is 0 Å². The summed E-state index contributed by atoms with van der Waals surface area (Å²) in [6, 6.07) is 0. The van der Waals surface area contributed by atoms with Gasteiger partial charge in [0, 0.05) is 12.0 Å². The molecule has 0 radical (unpaired) electrons. The number of hydrazone groups is 1. The molecule has 0 saturated carbocycles. The van der Waals surface area contributed by atoms with Gasteiger partial charge < -0.3 is 0 Å². The monoisotopic (exact) mass is 279 g/mol. The molecule has 6 heteroatoms. The predicted molar refractivity (Wildman–Crippen MR) is 70.5 cm³/mol. The SMILES string of the molecule is CCCCCCN1N=CN(C(F)(F)F)C1C(C)(C)C. The Bertz CT molecular complexity index is 307. The van der Waals surface area contributed by atoms with E-state index in [1.165, 1.54) is 0 Å². The van der Waals surface area contributed by atoms with Crippen LogP contribution in [0.4, 0.5) is 13.2 Å². The summed E-state index contributed by atoms with van der Waals surface area (Å²) in [7, 11) is 0. The molecule has 1 atom stereocenters. The molecule has 0 saturated heterocycles. The summed E-state index contributed by atoms with van der Waals surface area (Å²) in [6.07, 6.45) is -0.0832. The van der Waals surface area contributed by atoms with E-state index in [2.05, 4.69) is 12.0 Å². The molecule has 1 unspecified atom stereocenters. The molecule has 0 fully saturated rings. The van der Waals surface area contributed by atoms with E-state index >= 15 is 0 Å². The molecule has 1 heterocycles. The summed E-state index contributed by atoms with van der Waals surface area (Å²) in [5.41, 5.74) is -0.517. The van der Waals surface area contributed by atoms with Crippen LogP contribution in [0.3, 0.4) is 0 Å². The Morgan fingerprint density at radius 2 is 1.74 bits per heavy atom. The van der Waals surface area contributed by atoms with Gasteiger partial charge in [0.2, 0.25) is 0 Å². The maximum atomic E-state index is 13.0. The summed E-state index contributed by atoms with van der Waals surface area (Å²) in [4.78, 5) is 0.410. The lowest BCUT2D eigenvalue weighted by Crippen LogP contribution is -2.53. The van der Waals surface area contributed by atoms with Crippen molar-refractivity contribution in [3.05, 3.63) is 0 Å². The first-order chi connectivity index (χ1) is 8.68. The van der Waals surface area contributed by atoms with Gasteiger partial charge in [-0.05, 0) is 6.42 Å². The quantitative estimate of drug-likeness (QED) is 0.559. The van der Waals surface area contributed by atoms with Crippen molar-refractivity contribution in [3.8, 4) is 0 Å². The van der Waals surface area contributed by atoms with E-state index in [9.17, 15) is 13.2 Å². The Balaban J connectivity index is 2.69. The average Bonchev–Trinajstić information content (AvgIpc) is 2.67. The molecule has 0 amide bonds. The number of alkyl halides is 3. The van der Waals surface area contributed by atoms with E-state index in [0.717, 1.165) is 32.0 Å². The first kappa shape index (κ1) is 16.1. The number of hydrogen-bond donors (Lipinski definition) is 0. The largest absolute Gasteiger partial charge is 0.487 e. The minimum absolute atomic E-state index is 0.410. The molecule has 0 aromatic carbocycles. The second-order valence-corrected chi connectivity index (χ2v) is 6.07. The van der Waals surface area contributed by atoms with Crippen LogP contribution < -0.4 is 0 Å². The van der Waals surface area contributed by atoms with E-state index in [1.807, 2.05) is 20.8 Å². The Morgan fingerprint density at radius 3 is 2.21 bits per heavy atom. The molecule has 1 rings (SSSR count). The Kier molecular flexibility index (Phi) is 5.10. The topological polar surface area (TPSA) is 18.8 Å². The molecule has 1 aliphatic heterocycles. The third-order valence-electron chi connectivity index (χ3n) is 3.18. The van der Waals surface area contributed by atoms with E-state index in [0.29, 0.717) is 11.4 Å². The van der Waals surface area contributed by atoms with Crippen LogP contribution in [0.5, 0.6) is 0 Å². The smallest absolute Gasteiger partial charge is 0.272 e. The summed E-state index contributed by atoms with van der Waals surface area (Å²) >= 11 is 0. The normalized spacial score (nSPS) is 20.5. The first-order valence-electron chi connectivity index (χ1n) is 6.84. The van der Waals surface area contributed by atoms with Crippen molar-refractivity contribution in [3.63, 3.8) is 0 Å². The number of nitrogens with zero attached hydrogens (tertiary/aromatic N) is 3. The van der Waals surface area contributed by atoms with Crippen LogP contribution in [0, 0.1) is 5.41 Å². The average molecular weight is 279 g/mol. The van der Waals surface area contributed by atoms with Gasteiger partial charge in [0.05, 0.1) is 0 Å². The lowest BCUT2D eigenvalue weighted by molar-refractivity contribution is -0.246. The minimum atomic E-state index is -4.38. The van der Waals surface area contributed by atoms with Crippen LogP contribution in [0.2, 0.25) is 0 Å². The zero-order valence-electron chi connectivity index (χ0n) is 12.2. The fourth-order valence-corrected chi connectivity index (χ4v) is 2.34. The zero-order valence-corrected chi connectivity index (χ0v) is 12.2. The van der Waals surface area contributed by atoms with Gasteiger partial charge in [-0.25, -0.2) is 4.90 Å². The van der Waals surface area contributed by atoms with Crippen LogP contribution in [-0.2, 0) is 0 Å². The van der Waals surface area contributed by atoms with Gasteiger partial charge >= 0.3 is 6.30 Å². The minimum Gasteiger partial charge on any atom is -0.272 e. The zero-order chi connectivity index (χ0) is 14.7. The van der Waals surface area contributed by atoms with Crippen LogP contribution in [0.15, 0.2) is 5.10 Å². The van der Waals surface area contributed by atoms with Gasteiger partial charge in [-0.3, -0.25) is 5.01 Å². The van der Waals surface area contributed by atoms with Gasteiger partial charge in [-0.1, -0.05) is 47.0 Å². The molecule has 0 bridgehead atoms. The fraction of sp³-hybridized carbons (Fsp3) is 0.923. The number of unbranched alkanes of at least 4 members (excludes halogenated alkanes) is 3. The van der Waals surface area contributed by atoms with Crippen molar-refractivity contribution in [2.24, 2.45) is 10.5 Å². The molecule has 3 nitrogen and oxygen atoms in total. The van der Waals surface area contributed by atoms with Crippen molar-refractivity contribution in [1.82, 2.24) is 9.91 Å². The lowest BCUT2D eigenvalue weighted by Gasteiger charge is -2.40. The lowest BCUT2D eigenvalue weighted by atomic mass is 9.91. The molecule has 0 aromatic heterocycles. The van der Waals surface area contributed by atoms with Crippen molar-refractivity contribution >= 4 is 6.34 Å². The first-order valence-corrected chi connectivity index (χ1v) is 6.84. The van der Waals surface area contributed by atoms with Crippen LogP contribution in [-0.4, -0.2) is 35.3 Å². The summed E-state index contributed by atoms with van der Waals surface area (Å²) in [5, 5.41) is 5.52. The van der Waals surface area contributed by atoms with Crippen molar-refractivity contribution in [2.45, 2.75) is 65.8 Å². The van der Waals surface area contributed by atoms with Crippen LogP contribution >= 0.6 is 0 Å². The highest BCUT2D eigenvalue weighted by Gasteiger charge is 2.49. The second-order valence-electron chi connectivity index (χ2n) is 6.07. The Labute approximate surface area is 113 Å². The van der Waals surface area contributed by atoms with E-state index in [4.69, 9.17) is 0 Å². The van der Waals surface area contributed by atoms with E-state index < -0.39 is 17.9 Å². The van der Waals surface area contributed by atoms with E-state index in [1.54, 1.807) is 5.01 Å². The number of hydrogen-bond acceptors (Lipinski definition) is 3. The maximum absolute atomic E-state index is 13.0. The molecular formula is C13H24F3N3. The van der Waals surface area contributed by atoms with Gasteiger partial charge in [-0.15, -0.1) is 13.2 Å². The molecule has 1 aliphatic rings. The highest BCUT2D eigenvalue weighted by atomic mass is 19.4. The van der Waals surface area contributed by atoms with Crippen molar-refractivity contribution in [2.75, 3.05) is 6.54 Å². The third kappa shape index (κ3) is 4.28.